The molecular weight excluding hydrogens is 246 g/mol. The highest BCUT2D eigenvalue weighted by atomic mass is 19.2. The van der Waals surface area contributed by atoms with Gasteiger partial charge in [0.15, 0.2) is 11.6 Å². The second-order valence-electron chi connectivity index (χ2n) is 4.52. The minimum Gasteiger partial charge on any atom is -0.313 e. The van der Waals surface area contributed by atoms with Gasteiger partial charge in [0.1, 0.15) is 0 Å². The topological polar surface area (TPSA) is 24.9 Å². The average Bonchev–Trinajstić information content (AvgIpc) is 2.42. The Morgan fingerprint density at radius 3 is 2.63 bits per heavy atom. The summed E-state index contributed by atoms with van der Waals surface area (Å²) < 4.78 is 27.0. The van der Waals surface area contributed by atoms with Gasteiger partial charge in [-0.25, -0.2) is 8.78 Å². The largest absolute Gasteiger partial charge is 0.313 e. The summed E-state index contributed by atoms with van der Waals surface area (Å²) >= 11 is 0. The van der Waals surface area contributed by atoms with Crippen LogP contribution in [0.5, 0.6) is 0 Å². The number of nitrogens with zero attached hydrogens (tertiary/aromatic N) is 1. The van der Waals surface area contributed by atoms with Crippen molar-refractivity contribution in [2.75, 3.05) is 7.05 Å². The molecule has 0 aliphatic rings. The fourth-order valence-electron chi connectivity index (χ4n) is 1.99. The third-order valence-electron chi connectivity index (χ3n) is 3.09. The highest BCUT2D eigenvalue weighted by molar-refractivity contribution is 5.24. The minimum absolute atomic E-state index is 0.300. The van der Waals surface area contributed by atoms with Crippen molar-refractivity contribution in [3.05, 3.63) is 65.0 Å². The molecular formula is C15H16F2N2. The van der Waals surface area contributed by atoms with Crippen LogP contribution in [0.15, 0.2) is 36.5 Å². The Morgan fingerprint density at radius 2 is 2.00 bits per heavy atom. The van der Waals surface area contributed by atoms with Crippen LogP contribution in [0.1, 0.15) is 22.9 Å². The second-order valence-corrected chi connectivity index (χ2v) is 4.52. The van der Waals surface area contributed by atoms with Crippen LogP contribution >= 0.6 is 0 Å². The molecule has 19 heavy (non-hydrogen) atoms. The highest BCUT2D eigenvalue weighted by Gasteiger charge is 2.17. The third kappa shape index (κ3) is 3.15. The molecule has 1 unspecified atom stereocenters. The number of hydrogen-bond acceptors (Lipinski definition) is 2. The van der Waals surface area contributed by atoms with Crippen molar-refractivity contribution in [1.29, 1.82) is 0 Å². The Kier molecular flexibility index (Phi) is 4.22. The van der Waals surface area contributed by atoms with Crippen LogP contribution < -0.4 is 5.32 Å². The Morgan fingerprint density at radius 1 is 1.21 bits per heavy atom. The van der Waals surface area contributed by atoms with E-state index in [1.54, 1.807) is 19.3 Å². The normalized spacial score (nSPS) is 12.4. The van der Waals surface area contributed by atoms with E-state index in [1.165, 1.54) is 6.07 Å². The quantitative estimate of drug-likeness (QED) is 0.915. The molecule has 100 valence electrons. The fraction of sp³-hybridized carbons (Fsp3) is 0.267. The maximum Gasteiger partial charge on any atom is 0.163 e. The van der Waals surface area contributed by atoms with Gasteiger partial charge in [-0.2, -0.15) is 0 Å². The molecule has 2 aromatic rings. The summed E-state index contributed by atoms with van der Waals surface area (Å²) in [6, 6.07) is 7.78. The second kappa shape index (κ2) is 5.89. The standard InChI is InChI=1S/C15H16F2N2/c1-10-6-7-11(19-9-10)8-14(18-2)12-4-3-5-13(16)15(12)17/h3-7,9,14,18H,8H2,1-2H3. The van der Waals surface area contributed by atoms with Crippen molar-refractivity contribution < 1.29 is 8.78 Å². The SMILES string of the molecule is CNC(Cc1ccc(C)cn1)c1cccc(F)c1F. The molecule has 2 nitrogen and oxygen atoms in total. The van der Waals surface area contributed by atoms with E-state index in [0.29, 0.717) is 12.0 Å². The maximum absolute atomic E-state index is 13.8. The number of benzene rings is 1. The number of likely N-dealkylation sites (N-methyl/N-ethyl adjacent to an activating group) is 1. The van der Waals surface area contributed by atoms with Crippen LogP contribution in [0.25, 0.3) is 0 Å². The van der Waals surface area contributed by atoms with E-state index in [0.717, 1.165) is 17.3 Å². The van der Waals surface area contributed by atoms with Crippen molar-refractivity contribution in [1.82, 2.24) is 10.3 Å². The molecule has 0 radical (unpaired) electrons. The Balaban J connectivity index is 2.25. The smallest absolute Gasteiger partial charge is 0.163 e. The number of hydrogen-bond donors (Lipinski definition) is 1. The summed E-state index contributed by atoms with van der Waals surface area (Å²) in [4.78, 5) is 4.29. The lowest BCUT2D eigenvalue weighted by Gasteiger charge is -2.17. The summed E-state index contributed by atoms with van der Waals surface area (Å²) in [6.45, 7) is 1.96. The van der Waals surface area contributed by atoms with Crippen molar-refractivity contribution >= 4 is 0 Å². The molecule has 0 saturated heterocycles. The van der Waals surface area contributed by atoms with Gasteiger partial charge in [0.2, 0.25) is 0 Å². The molecule has 0 spiro atoms. The molecule has 1 atom stereocenters. The molecule has 4 heteroatoms. The van der Waals surface area contributed by atoms with Gasteiger partial charge in [-0.05, 0) is 31.7 Å². The van der Waals surface area contributed by atoms with E-state index in [2.05, 4.69) is 10.3 Å². The van der Waals surface area contributed by atoms with E-state index in [1.807, 2.05) is 19.1 Å². The van der Waals surface area contributed by atoms with Crippen molar-refractivity contribution in [3.8, 4) is 0 Å². The zero-order chi connectivity index (χ0) is 13.8. The molecule has 0 aliphatic carbocycles. The monoisotopic (exact) mass is 262 g/mol. The molecule has 0 fully saturated rings. The molecule has 0 bridgehead atoms. The summed E-state index contributed by atoms with van der Waals surface area (Å²) in [5, 5.41) is 3.00. The summed E-state index contributed by atoms with van der Waals surface area (Å²) in [5.41, 5.74) is 2.24. The predicted octanol–water partition coefficient (Wildman–Crippen LogP) is 3.17. The summed E-state index contributed by atoms with van der Waals surface area (Å²) in [7, 11) is 1.73. The van der Waals surface area contributed by atoms with Gasteiger partial charge in [-0.1, -0.05) is 18.2 Å². The van der Waals surface area contributed by atoms with Gasteiger partial charge in [-0.3, -0.25) is 4.98 Å². The predicted molar refractivity (Wildman–Crippen MR) is 70.8 cm³/mol. The van der Waals surface area contributed by atoms with Crippen LogP contribution in [0, 0.1) is 18.6 Å². The molecule has 1 heterocycles. The van der Waals surface area contributed by atoms with E-state index < -0.39 is 11.6 Å². The zero-order valence-corrected chi connectivity index (χ0v) is 11.0. The van der Waals surface area contributed by atoms with Gasteiger partial charge in [0, 0.05) is 29.9 Å². The first-order valence-electron chi connectivity index (χ1n) is 6.14. The average molecular weight is 262 g/mol. The van der Waals surface area contributed by atoms with E-state index in [4.69, 9.17) is 0 Å². The van der Waals surface area contributed by atoms with E-state index >= 15 is 0 Å². The number of pyridine rings is 1. The molecule has 1 aromatic heterocycles. The van der Waals surface area contributed by atoms with Crippen LogP contribution in [-0.4, -0.2) is 12.0 Å². The first-order chi connectivity index (χ1) is 9.11. The van der Waals surface area contributed by atoms with Crippen LogP contribution in [0.4, 0.5) is 8.78 Å². The van der Waals surface area contributed by atoms with Gasteiger partial charge >= 0.3 is 0 Å². The van der Waals surface area contributed by atoms with Crippen LogP contribution in [0.2, 0.25) is 0 Å². The van der Waals surface area contributed by atoms with Crippen molar-refractivity contribution in [2.24, 2.45) is 0 Å². The lowest BCUT2D eigenvalue weighted by Crippen LogP contribution is -2.21. The lowest BCUT2D eigenvalue weighted by atomic mass is 10.0. The summed E-state index contributed by atoms with van der Waals surface area (Å²) in [6.07, 6.45) is 2.28. The molecule has 1 aromatic carbocycles. The van der Waals surface area contributed by atoms with Crippen LogP contribution in [0.3, 0.4) is 0 Å². The number of aromatic nitrogens is 1. The lowest BCUT2D eigenvalue weighted by molar-refractivity contribution is 0.472. The first kappa shape index (κ1) is 13.6. The van der Waals surface area contributed by atoms with Gasteiger partial charge in [0.05, 0.1) is 0 Å². The highest BCUT2D eigenvalue weighted by Crippen LogP contribution is 2.22. The number of aryl methyl sites for hydroxylation is 1. The molecule has 1 N–H and O–H groups in total. The molecule has 0 aliphatic heterocycles. The van der Waals surface area contributed by atoms with Crippen molar-refractivity contribution in [3.63, 3.8) is 0 Å². The van der Waals surface area contributed by atoms with Gasteiger partial charge in [-0.15, -0.1) is 0 Å². The minimum atomic E-state index is -0.824. The fourth-order valence-corrected chi connectivity index (χ4v) is 1.99. The summed E-state index contributed by atoms with van der Waals surface area (Å²) in [5.74, 6) is -1.62. The molecule has 0 saturated carbocycles. The van der Waals surface area contributed by atoms with Gasteiger partial charge in [0.25, 0.3) is 0 Å². The Bertz CT molecular complexity index is 553. The van der Waals surface area contributed by atoms with Crippen LogP contribution in [-0.2, 0) is 6.42 Å². The molecule has 0 amide bonds. The van der Waals surface area contributed by atoms with Gasteiger partial charge < -0.3 is 5.32 Å². The number of nitrogens with one attached hydrogen (secondary N) is 1. The number of halogens is 2. The Hall–Kier alpha value is -1.81. The van der Waals surface area contributed by atoms with E-state index in [9.17, 15) is 8.78 Å². The van der Waals surface area contributed by atoms with Crippen molar-refractivity contribution in [2.45, 2.75) is 19.4 Å². The number of rotatable bonds is 4. The maximum atomic E-state index is 13.8. The van der Waals surface area contributed by atoms with E-state index in [-0.39, 0.29) is 6.04 Å². The third-order valence-corrected chi connectivity index (χ3v) is 3.09. The molecule has 2 rings (SSSR count). The zero-order valence-electron chi connectivity index (χ0n) is 11.0. The Labute approximate surface area is 111 Å². The first-order valence-corrected chi connectivity index (χ1v) is 6.14.